The summed E-state index contributed by atoms with van der Waals surface area (Å²) in [5.41, 5.74) is 1.63. The molecule has 0 saturated carbocycles. The van der Waals surface area contributed by atoms with Crippen molar-refractivity contribution in [2.24, 2.45) is 0 Å². The Morgan fingerprint density at radius 2 is 2.03 bits per heavy atom. The van der Waals surface area contributed by atoms with Crippen LogP contribution in [0.3, 0.4) is 0 Å². The first kappa shape index (κ1) is 18.9. The first-order valence-corrected chi connectivity index (χ1v) is 9.35. The van der Waals surface area contributed by atoms with E-state index in [-0.39, 0.29) is 18.4 Å². The number of carbonyl (C=O) groups excluding carboxylic acids is 1. The van der Waals surface area contributed by atoms with E-state index in [0.717, 1.165) is 5.56 Å². The van der Waals surface area contributed by atoms with Crippen LogP contribution < -0.4 is 19.5 Å². The lowest BCUT2D eigenvalue weighted by atomic mass is 10.1. The van der Waals surface area contributed by atoms with Crippen molar-refractivity contribution >= 4 is 28.5 Å². The summed E-state index contributed by atoms with van der Waals surface area (Å²) >= 11 is 1.18. The maximum absolute atomic E-state index is 12.6. The number of fused-ring (bicyclic) bond motifs is 1. The Hall–Kier alpha value is -3.46. The Morgan fingerprint density at radius 1 is 1.21 bits per heavy atom. The van der Waals surface area contributed by atoms with Gasteiger partial charge in [0.2, 0.25) is 12.7 Å². The smallest absolute Gasteiger partial charge is 0.387 e. The Balaban J connectivity index is 1.43. The molecule has 29 heavy (non-hydrogen) atoms. The standard InChI is InChI=1S/C20H14F2N2O4S/c21-19(22)28-15-4-2-1-3-13(15)14-10-29-20(23-14)24-18(25)8-6-12-5-7-16-17(9-12)27-11-26-16/h1-10,19H,11H2,(H,23,24,25)/b8-6+. The molecule has 0 aliphatic carbocycles. The molecule has 1 aliphatic heterocycles. The number of benzene rings is 2. The van der Waals surface area contributed by atoms with Crippen LogP contribution >= 0.6 is 11.3 Å². The van der Waals surface area contributed by atoms with Gasteiger partial charge in [-0.25, -0.2) is 4.98 Å². The van der Waals surface area contributed by atoms with Gasteiger partial charge >= 0.3 is 6.61 Å². The first-order chi connectivity index (χ1) is 14.1. The molecule has 0 radical (unpaired) electrons. The predicted molar refractivity (Wildman–Crippen MR) is 104 cm³/mol. The van der Waals surface area contributed by atoms with Crippen LogP contribution in [-0.2, 0) is 4.79 Å². The van der Waals surface area contributed by atoms with E-state index in [1.165, 1.54) is 23.5 Å². The summed E-state index contributed by atoms with van der Waals surface area (Å²) in [4.78, 5) is 16.4. The van der Waals surface area contributed by atoms with Gasteiger partial charge in [-0.1, -0.05) is 18.2 Å². The van der Waals surface area contributed by atoms with Crippen molar-refractivity contribution in [2.45, 2.75) is 6.61 Å². The van der Waals surface area contributed by atoms with Gasteiger partial charge in [0, 0.05) is 17.0 Å². The average molecular weight is 416 g/mol. The van der Waals surface area contributed by atoms with Crippen molar-refractivity contribution in [3.63, 3.8) is 0 Å². The Morgan fingerprint density at radius 3 is 2.90 bits per heavy atom. The van der Waals surface area contributed by atoms with E-state index in [0.29, 0.717) is 27.9 Å². The number of hydrogen-bond donors (Lipinski definition) is 1. The molecule has 2 aromatic carbocycles. The SMILES string of the molecule is O=C(/C=C/c1ccc2c(c1)OCO2)Nc1nc(-c2ccccc2OC(F)F)cs1. The molecule has 4 rings (SSSR count). The van der Waals surface area contributed by atoms with Crippen LogP contribution in [0, 0.1) is 0 Å². The van der Waals surface area contributed by atoms with Crippen molar-refractivity contribution in [2.75, 3.05) is 12.1 Å². The zero-order valence-electron chi connectivity index (χ0n) is 14.8. The zero-order valence-corrected chi connectivity index (χ0v) is 15.6. The molecule has 9 heteroatoms. The number of para-hydroxylation sites is 1. The largest absolute Gasteiger partial charge is 0.454 e. The number of nitrogens with one attached hydrogen (secondary N) is 1. The number of ether oxygens (including phenoxy) is 3. The van der Waals surface area contributed by atoms with E-state index < -0.39 is 6.61 Å². The number of anilines is 1. The first-order valence-electron chi connectivity index (χ1n) is 8.47. The predicted octanol–water partition coefficient (Wildman–Crippen LogP) is 4.79. The second-order valence-electron chi connectivity index (χ2n) is 5.85. The fraction of sp³-hybridized carbons (Fsp3) is 0.100. The third-order valence-electron chi connectivity index (χ3n) is 3.94. The number of halogens is 2. The molecule has 1 N–H and O–H groups in total. The third-order valence-corrected chi connectivity index (χ3v) is 4.69. The van der Waals surface area contributed by atoms with Gasteiger partial charge in [-0.3, -0.25) is 10.1 Å². The van der Waals surface area contributed by atoms with Crippen molar-refractivity contribution in [1.29, 1.82) is 0 Å². The fourth-order valence-electron chi connectivity index (χ4n) is 2.67. The van der Waals surface area contributed by atoms with Gasteiger partial charge < -0.3 is 14.2 Å². The van der Waals surface area contributed by atoms with Crippen LogP contribution in [0.4, 0.5) is 13.9 Å². The molecule has 1 aliphatic rings. The summed E-state index contributed by atoms with van der Waals surface area (Å²) in [6.07, 6.45) is 3.00. The highest BCUT2D eigenvalue weighted by Crippen LogP contribution is 2.34. The number of nitrogens with zero attached hydrogens (tertiary/aromatic N) is 1. The van der Waals surface area contributed by atoms with Gasteiger partial charge in [-0.15, -0.1) is 11.3 Å². The van der Waals surface area contributed by atoms with Crippen molar-refractivity contribution in [1.82, 2.24) is 4.98 Å². The Bertz CT molecular complexity index is 1070. The highest BCUT2D eigenvalue weighted by Gasteiger charge is 2.14. The van der Waals surface area contributed by atoms with Crippen molar-refractivity contribution in [3.8, 4) is 28.5 Å². The monoisotopic (exact) mass is 416 g/mol. The number of alkyl halides is 2. The molecule has 0 saturated heterocycles. The molecule has 0 fully saturated rings. The lowest BCUT2D eigenvalue weighted by Gasteiger charge is -2.08. The van der Waals surface area contributed by atoms with E-state index in [9.17, 15) is 13.6 Å². The third kappa shape index (κ3) is 4.52. The fourth-order valence-corrected chi connectivity index (χ4v) is 3.38. The van der Waals surface area contributed by atoms with Gasteiger partial charge in [0.1, 0.15) is 5.75 Å². The normalized spacial score (nSPS) is 12.5. The number of aromatic nitrogens is 1. The van der Waals surface area contributed by atoms with Crippen LogP contribution in [0.25, 0.3) is 17.3 Å². The molecule has 6 nitrogen and oxygen atoms in total. The number of thiazole rings is 1. The topological polar surface area (TPSA) is 69.7 Å². The highest BCUT2D eigenvalue weighted by molar-refractivity contribution is 7.14. The van der Waals surface area contributed by atoms with Crippen LogP contribution in [0.1, 0.15) is 5.56 Å². The van der Waals surface area contributed by atoms with Gasteiger partial charge in [0.15, 0.2) is 16.6 Å². The maximum Gasteiger partial charge on any atom is 0.387 e. The molecular formula is C20H14F2N2O4S. The molecule has 1 amide bonds. The van der Waals surface area contributed by atoms with E-state index in [2.05, 4.69) is 15.0 Å². The molecule has 0 unspecified atom stereocenters. The van der Waals surface area contributed by atoms with E-state index in [1.54, 1.807) is 47.9 Å². The lowest BCUT2D eigenvalue weighted by molar-refractivity contribution is -0.111. The highest BCUT2D eigenvalue weighted by atomic mass is 32.1. The van der Waals surface area contributed by atoms with Gasteiger partial charge in [0.25, 0.3) is 0 Å². The zero-order chi connectivity index (χ0) is 20.2. The van der Waals surface area contributed by atoms with Gasteiger partial charge in [-0.2, -0.15) is 8.78 Å². The van der Waals surface area contributed by atoms with Crippen molar-refractivity contribution in [3.05, 3.63) is 59.5 Å². The van der Waals surface area contributed by atoms with E-state index in [1.807, 2.05) is 0 Å². The van der Waals surface area contributed by atoms with E-state index in [4.69, 9.17) is 9.47 Å². The van der Waals surface area contributed by atoms with Crippen LogP contribution in [0.2, 0.25) is 0 Å². The number of hydrogen-bond acceptors (Lipinski definition) is 6. The van der Waals surface area contributed by atoms with Gasteiger partial charge in [0.05, 0.1) is 5.69 Å². The quantitative estimate of drug-likeness (QED) is 0.585. The van der Waals surface area contributed by atoms with Crippen LogP contribution in [0.5, 0.6) is 17.2 Å². The summed E-state index contributed by atoms with van der Waals surface area (Å²) in [5.74, 6) is 0.939. The molecular weight excluding hydrogens is 402 g/mol. The number of carbonyl (C=O) groups is 1. The van der Waals surface area contributed by atoms with Crippen LogP contribution in [0.15, 0.2) is 53.9 Å². The Kier molecular flexibility index (Phi) is 5.39. The lowest BCUT2D eigenvalue weighted by Crippen LogP contribution is -2.07. The number of amides is 1. The summed E-state index contributed by atoms with van der Waals surface area (Å²) in [5, 5.41) is 4.65. The molecule has 3 aromatic rings. The molecule has 0 spiro atoms. The minimum atomic E-state index is -2.93. The maximum atomic E-state index is 12.6. The minimum Gasteiger partial charge on any atom is -0.454 e. The second kappa shape index (κ2) is 8.27. The van der Waals surface area contributed by atoms with Crippen LogP contribution in [-0.4, -0.2) is 24.3 Å². The molecule has 0 atom stereocenters. The van der Waals surface area contributed by atoms with Gasteiger partial charge in [-0.05, 0) is 35.9 Å². The Labute approximate surface area is 168 Å². The number of rotatable bonds is 6. The molecule has 2 heterocycles. The molecule has 1 aromatic heterocycles. The van der Waals surface area contributed by atoms with Crippen molar-refractivity contribution < 1.29 is 27.8 Å². The second-order valence-corrected chi connectivity index (χ2v) is 6.71. The molecule has 0 bridgehead atoms. The average Bonchev–Trinajstić information content (AvgIpc) is 3.35. The summed E-state index contributed by atoms with van der Waals surface area (Å²) < 4.78 is 40.2. The summed E-state index contributed by atoms with van der Waals surface area (Å²) in [6, 6.07) is 11.7. The summed E-state index contributed by atoms with van der Waals surface area (Å²) in [7, 11) is 0. The summed E-state index contributed by atoms with van der Waals surface area (Å²) in [6.45, 7) is -2.75. The minimum absolute atomic E-state index is 0.0216. The van der Waals surface area contributed by atoms with E-state index >= 15 is 0 Å². The molecule has 148 valence electrons.